The van der Waals surface area contributed by atoms with Gasteiger partial charge in [0.1, 0.15) is 5.82 Å². The van der Waals surface area contributed by atoms with Crippen molar-refractivity contribution in [2.45, 2.75) is 13.5 Å². The Kier molecular flexibility index (Phi) is 3.74. The van der Waals surface area contributed by atoms with Gasteiger partial charge in [-0.1, -0.05) is 6.07 Å². The Bertz CT molecular complexity index is 496. The van der Waals surface area contributed by atoms with Gasteiger partial charge in [0.05, 0.1) is 12.2 Å². The van der Waals surface area contributed by atoms with Crippen molar-refractivity contribution in [3.05, 3.63) is 52.4 Å². The first-order valence-electron chi connectivity index (χ1n) is 5.40. The number of aryl methyl sites for hydroxylation is 1. The second kappa shape index (κ2) is 5.27. The third-order valence-electron chi connectivity index (χ3n) is 2.45. The summed E-state index contributed by atoms with van der Waals surface area (Å²) in [5, 5.41) is 0. The monoisotopic (exact) mass is 291 g/mol. The van der Waals surface area contributed by atoms with Crippen molar-refractivity contribution in [1.82, 2.24) is 9.97 Å². The smallest absolute Gasteiger partial charge is 0.128 e. The van der Waals surface area contributed by atoms with Crippen molar-refractivity contribution >= 4 is 21.7 Å². The minimum absolute atomic E-state index is 0.760. The minimum atomic E-state index is 0.760. The highest BCUT2D eigenvalue weighted by molar-refractivity contribution is 9.10. The van der Waals surface area contributed by atoms with E-state index in [9.17, 15) is 0 Å². The first kappa shape index (κ1) is 12.0. The van der Waals surface area contributed by atoms with Crippen LogP contribution >= 0.6 is 15.9 Å². The Balaban J connectivity index is 2.11. The average Bonchev–Trinajstić information content (AvgIpc) is 2.29. The number of hydrogen-bond acceptors (Lipinski definition) is 3. The quantitative estimate of drug-likeness (QED) is 0.870. The summed E-state index contributed by atoms with van der Waals surface area (Å²) in [7, 11) is 2.01. The van der Waals surface area contributed by atoms with Crippen molar-refractivity contribution in [1.29, 1.82) is 0 Å². The van der Waals surface area contributed by atoms with Gasteiger partial charge < -0.3 is 4.90 Å². The highest BCUT2D eigenvalue weighted by Crippen LogP contribution is 2.15. The summed E-state index contributed by atoms with van der Waals surface area (Å²) in [5.74, 6) is 0.941. The van der Waals surface area contributed by atoms with E-state index in [-0.39, 0.29) is 0 Å². The molecule has 0 bridgehead atoms. The van der Waals surface area contributed by atoms with Crippen LogP contribution in [0.15, 0.2) is 41.0 Å². The van der Waals surface area contributed by atoms with E-state index >= 15 is 0 Å². The molecule has 17 heavy (non-hydrogen) atoms. The summed E-state index contributed by atoms with van der Waals surface area (Å²) < 4.78 is 0.989. The molecule has 4 heteroatoms. The molecule has 0 atom stereocenters. The number of hydrogen-bond donors (Lipinski definition) is 0. The molecule has 2 aromatic heterocycles. The van der Waals surface area contributed by atoms with Crippen molar-refractivity contribution in [2.24, 2.45) is 0 Å². The number of aromatic nitrogens is 2. The van der Waals surface area contributed by atoms with Gasteiger partial charge in [-0.05, 0) is 47.1 Å². The molecule has 2 aromatic rings. The van der Waals surface area contributed by atoms with Crippen LogP contribution in [0.1, 0.15) is 11.4 Å². The third kappa shape index (κ3) is 3.27. The molecule has 0 radical (unpaired) electrons. The molecule has 0 saturated heterocycles. The van der Waals surface area contributed by atoms with Gasteiger partial charge in [0.25, 0.3) is 0 Å². The molecule has 0 N–H and O–H groups in total. The summed E-state index contributed by atoms with van der Waals surface area (Å²) in [5.41, 5.74) is 2.09. The lowest BCUT2D eigenvalue weighted by Crippen LogP contribution is -2.18. The first-order chi connectivity index (χ1) is 8.15. The molecule has 0 unspecified atom stereocenters. The van der Waals surface area contributed by atoms with Crippen molar-refractivity contribution in [3.8, 4) is 0 Å². The van der Waals surface area contributed by atoms with Crippen LogP contribution in [0, 0.1) is 6.92 Å². The number of halogens is 1. The molecule has 3 nitrogen and oxygen atoms in total. The maximum atomic E-state index is 4.48. The van der Waals surface area contributed by atoms with E-state index in [1.165, 1.54) is 0 Å². The maximum Gasteiger partial charge on any atom is 0.128 e. The zero-order chi connectivity index (χ0) is 12.3. The van der Waals surface area contributed by atoms with Crippen LogP contribution in [0.5, 0.6) is 0 Å². The summed E-state index contributed by atoms with van der Waals surface area (Å²) >= 11 is 3.38. The summed E-state index contributed by atoms with van der Waals surface area (Å²) in [6.07, 6.45) is 1.80. The van der Waals surface area contributed by atoms with Gasteiger partial charge in [-0.2, -0.15) is 0 Å². The molecule has 0 amide bonds. The average molecular weight is 292 g/mol. The minimum Gasteiger partial charge on any atom is -0.354 e. The highest BCUT2D eigenvalue weighted by atomic mass is 79.9. The Morgan fingerprint density at radius 1 is 1.24 bits per heavy atom. The van der Waals surface area contributed by atoms with E-state index < -0.39 is 0 Å². The number of pyridine rings is 2. The molecular weight excluding hydrogens is 278 g/mol. The summed E-state index contributed by atoms with van der Waals surface area (Å²) in [4.78, 5) is 10.9. The molecule has 0 aliphatic heterocycles. The largest absolute Gasteiger partial charge is 0.354 e. The van der Waals surface area contributed by atoms with Crippen LogP contribution in [0.2, 0.25) is 0 Å². The Morgan fingerprint density at radius 3 is 2.71 bits per heavy atom. The summed E-state index contributed by atoms with van der Waals surface area (Å²) in [6.45, 7) is 2.76. The van der Waals surface area contributed by atoms with E-state index in [1.54, 1.807) is 6.20 Å². The first-order valence-corrected chi connectivity index (χ1v) is 6.19. The molecule has 88 valence electrons. The van der Waals surface area contributed by atoms with Gasteiger partial charge in [-0.25, -0.2) is 4.98 Å². The molecular formula is C13H14BrN3. The second-order valence-corrected chi connectivity index (χ2v) is 4.88. The van der Waals surface area contributed by atoms with Gasteiger partial charge in [-0.15, -0.1) is 0 Å². The zero-order valence-electron chi connectivity index (χ0n) is 9.89. The fraction of sp³-hybridized carbons (Fsp3) is 0.231. The Hall–Kier alpha value is -1.42. The van der Waals surface area contributed by atoms with Crippen LogP contribution in [-0.2, 0) is 6.54 Å². The van der Waals surface area contributed by atoms with E-state index in [4.69, 9.17) is 0 Å². The van der Waals surface area contributed by atoms with Crippen LogP contribution in [0.4, 0.5) is 5.82 Å². The summed E-state index contributed by atoms with van der Waals surface area (Å²) in [6, 6.07) is 10.0. The van der Waals surface area contributed by atoms with Gasteiger partial charge in [-0.3, -0.25) is 4.98 Å². The lowest BCUT2D eigenvalue weighted by molar-refractivity contribution is 0.859. The SMILES string of the molecule is Cc1cccc(CN(C)c2ccc(Br)cn2)n1. The van der Waals surface area contributed by atoms with E-state index in [2.05, 4.69) is 30.8 Å². The Morgan fingerprint density at radius 2 is 2.06 bits per heavy atom. The van der Waals surface area contributed by atoms with Crippen LogP contribution < -0.4 is 4.90 Å². The Labute approximate surface area is 110 Å². The highest BCUT2D eigenvalue weighted by Gasteiger charge is 2.04. The third-order valence-corrected chi connectivity index (χ3v) is 2.92. The fourth-order valence-corrected chi connectivity index (χ4v) is 1.84. The molecule has 2 heterocycles. The number of anilines is 1. The topological polar surface area (TPSA) is 29.0 Å². The predicted octanol–water partition coefficient (Wildman–Crippen LogP) is 3.18. The molecule has 0 saturated carbocycles. The van der Waals surface area contributed by atoms with Crippen LogP contribution in [0.25, 0.3) is 0 Å². The van der Waals surface area contributed by atoms with Gasteiger partial charge >= 0.3 is 0 Å². The maximum absolute atomic E-state index is 4.48. The van der Waals surface area contributed by atoms with Gasteiger partial charge in [0.15, 0.2) is 0 Å². The number of rotatable bonds is 3. The van der Waals surface area contributed by atoms with Gasteiger partial charge in [0.2, 0.25) is 0 Å². The molecule has 0 aromatic carbocycles. The second-order valence-electron chi connectivity index (χ2n) is 3.96. The zero-order valence-corrected chi connectivity index (χ0v) is 11.5. The van der Waals surface area contributed by atoms with Crippen molar-refractivity contribution < 1.29 is 0 Å². The van der Waals surface area contributed by atoms with Crippen LogP contribution in [-0.4, -0.2) is 17.0 Å². The lowest BCUT2D eigenvalue weighted by Gasteiger charge is -2.17. The van der Waals surface area contributed by atoms with E-state index in [0.717, 1.165) is 28.2 Å². The molecule has 0 aliphatic rings. The molecule has 0 aliphatic carbocycles. The van der Waals surface area contributed by atoms with E-state index in [1.807, 2.05) is 44.3 Å². The van der Waals surface area contributed by atoms with Crippen molar-refractivity contribution in [3.63, 3.8) is 0 Å². The standard InChI is InChI=1S/C13H14BrN3/c1-10-4-3-5-12(16-10)9-17(2)13-7-6-11(14)8-15-13/h3-8H,9H2,1-2H3. The molecule has 2 rings (SSSR count). The normalized spacial score (nSPS) is 10.3. The lowest BCUT2D eigenvalue weighted by atomic mass is 10.3. The fourth-order valence-electron chi connectivity index (χ4n) is 1.61. The van der Waals surface area contributed by atoms with Crippen molar-refractivity contribution in [2.75, 3.05) is 11.9 Å². The molecule has 0 spiro atoms. The number of nitrogens with zero attached hydrogens (tertiary/aromatic N) is 3. The predicted molar refractivity (Wildman–Crippen MR) is 73.0 cm³/mol. The molecule has 0 fully saturated rings. The van der Waals surface area contributed by atoms with Gasteiger partial charge in [0, 0.05) is 23.4 Å². The van der Waals surface area contributed by atoms with Crippen LogP contribution in [0.3, 0.4) is 0 Å². The van der Waals surface area contributed by atoms with E-state index in [0.29, 0.717) is 0 Å².